The highest BCUT2D eigenvalue weighted by atomic mass is 32.2. The van der Waals surface area contributed by atoms with Gasteiger partial charge in [-0.3, -0.25) is 4.79 Å². The molecule has 7 nitrogen and oxygen atoms in total. The Morgan fingerprint density at radius 1 is 1.14 bits per heavy atom. The van der Waals surface area contributed by atoms with Gasteiger partial charge in [0.25, 0.3) is 0 Å². The molecule has 0 radical (unpaired) electrons. The molecule has 190 valence electrons. The van der Waals surface area contributed by atoms with E-state index >= 15 is 0 Å². The normalized spacial score (nSPS) is 13.4. The van der Waals surface area contributed by atoms with Crippen LogP contribution in [0.5, 0.6) is 0 Å². The first kappa shape index (κ1) is 27.0. The number of aryl methyl sites for hydroxylation is 1. The number of fused-ring (bicyclic) bond motifs is 1. The molecule has 35 heavy (non-hydrogen) atoms. The molecule has 12 heteroatoms. The maximum absolute atomic E-state index is 13.0. The van der Waals surface area contributed by atoms with Gasteiger partial charge in [-0.1, -0.05) is 31.7 Å². The summed E-state index contributed by atoms with van der Waals surface area (Å²) in [6, 6.07) is 9.20. The molecule has 3 rings (SSSR count). The summed E-state index contributed by atoms with van der Waals surface area (Å²) in [5.74, 6) is -0.478. The van der Waals surface area contributed by atoms with E-state index in [4.69, 9.17) is 0 Å². The van der Waals surface area contributed by atoms with E-state index in [0.717, 1.165) is 29.4 Å². The van der Waals surface area contributed by atoms with Gasteiger partial charge >= 0.3 is 6.18 Å². The van der Waals surface area contributed by atoms with Gasteiger partial charge < -0.3 is 9.88 Å². The van der Waals surface area contributed by atoms with Gasteiger partial charge in [0.2, 0.25) is 15.9 Å². The van der Waals surface area contributed by atoms with Crippen molar-refractivity contribution in [1.82, 2.24) is 13.9 Å². The number of amides is 1. The third-order valence-corrected chi connectivity index (χ3v) is 8.59. The smallest absolute Gasteiger partial charge is 0.325 e. The van der Waals surface area contributed by atoms with Crippen LogP contribution in [0.25, 0.3) is 11.0 Å². The van der Waals surface area contributed by atoms with Gasteiger partial charge in [0.05, 0.1) is 26.7 Å². The van der Waals surface area contributed by atoms with E-state index < -0.39 is 32.9 Å². The molecule has 1 N–H and O–H groups in total. The molecule has 2 aromatic carbocycles. The Labute approximate surface area is 206 Å². The first-order valence-electron chi connectivity index (χ1n) is 11.1. The van der Waals surface area contributed by atoms with Crippen molar-refractivity contribution >= 4 is 44.4 Å². The Kier molecular flexibility index (Phi) is 8.17. The van der Waals surface area contributed by atoms with Crippen molar-refractivity contribution in [3.8, 4) is 0 Å². The van der Waals surface area contributed by atoms with E-state index in [0.29, 0.717) is 30.3 Å². The topological polar surface area (TPSA) is 84.3 Å². The number of nitrogens with zero attached hydrogens (tertiary/aromatic N) is 3. The van der Waals surface area contributed by atoms with Gasteiger partial charge in [-0.05, 0) is 50.2 Å². The summed E-state index contributed by atoms with van der Waals surface area (Å²) in [6.45, 7) is 8.29. The molecule has 1 amide bonds. The molecule has 1 atom stereocenters. The molecular formula is C23H27F3N4O3S2. The van der Waals surface area contributed by atoms with Gasteiger partial charge in [0.1, 0.15) is 0 Å². The van der Waals surface area contributed by atoms with Crippen LogP contribution in [0, 0.1) is 0 Å². The Morgan fingerprint density at radius 3 is 2.43 bits per heavy atom. The fourth-order valence-electron chi connectivity index (χ4n) is 3.58. The summed E-state index contributed by atoms with van der Waals surface area (Å²) in [5, 5.41) is 2.35. The van der Waals surface area contributed by atoms with Crippen LogP contribution in [0.1, 0.15) is 33.3 Å². The molecular weight excluding hydrogens is 501 g/mol. The molecule has 0 spiro atoms. The number of sulfonamides is 1. The van der Waals surface area contributed by atoms with Crippen molar-refractivity contribution < 1.29 is 26.4 Å². The lowest BCUT2D eigenvalue weighted by molar-refractivity contribution is -0.137. The molecule has 0 saturated heterocycles. The van der Waals surface area contributed by atoms with Crippen LogP contribution in [0.2, 0.25) is 0 Å². The van der Waals surface area contributed by atoms with Crippen molar-refractivity contribution in [3.05, 3.63) is 48.0 Å². The SMILES string of the molecule is CCN(CC)S(=O)(=O)c1ccc2c(c1)nc(SC(C)C(=O)Nc1cccc(C(F)(F)F)c1)n2CC. The summed E-state index contributed by atoms with van der Waals surface area (Å²) in [4.78, 5) is 17.4. The summed E-state index contributed by atoms with van der Waals surface area (Å²) < 4.78 is 67.9. The van der Waals surface area contributed by atoms with Gasteiger partial charge in [0.15, 0.2) is 5.16 Å². The first-order valence-corrected chi connectivity index (χ1v) is 13.4. The van der Waals surface area contributed by atoms with Crippen molar-refractivity contribution in [2.75, 3.05) is 18.4 Å². The fourth-order valence-corrected chi connectivity index (χ4v) is 6.05. The number of carbonyl (C=O) groups excluding carboxylic acids is 1. The van der Waals surface area contributed by atoms with Crippen molar-refractivity contribution in [3.63, 3.8) is 0 Å². The van der Waals surface area contributed by atoms with Crippen LogP contribution in [-0.4, -0.2) is 46.5 Å². The molecule has 1 unspecified atom stereocenters. The predicted octanol–water partition coefficient (Wildman–Crippen LogP) is 5.22. The summed E-state index contributed by atoms with van der Waals surface area (Å²) in [7, 11) is -3.66. The monoisotopic (exact) mass is 528 g/mol. The first-order chi connectivity index (χ1) is 16.4. The number of benzene rings is 2. The number of hydrogen-bond donors (Lipinski definition) is 1. The molecule has 0 aliphatic rings. The Balaban J connectivity index is 1.85. The van der Waals surface area contributed by atoms with Crippen molar-refractivity contribution in [2.24, 2.45) is 0 Å². The Hall–Kier alpha value is -2.57. The molecule has 0 bridgehead atoms. The molecule has 0 fully saturated rings. The zero-order valence-corrected chi connectivity index (χ0v) is 21.4. The zero-order valence-electron chi connectivity index (χ0n) is 19.8. The highest BCUT2D eigenvalue weighted by molar-refractivity contribution is 8.00. The second kappa shape index (κ2) is 10.6. The maximum Gasteiger partial charge on any atom is 0.416 e. The number of halogens is 3. The molecule has 0 aliphatic carbocycles. The molecule has 1 heterocycles. The van der Waals surface area contributed by atoms with E-state index in [-0.39, 0.29) is 10.6 Å². The zero-order chi connectivity index (χ0) is 26.0. The third-order valence-electron chi connectivity index (χ3n) is 5.45. The lowest BCUT2D eigenvalue weighted by atomic mass is 10.2. The summed E-state index contributed by atoms with van der Waals surface area (Å²) in [5.41, 5.74) is 0.401. The second-order valence-electron chi connectivity index (χ2n) is 7.71. The Morgan fingerprint density at radius 2 is 1.83 bits per heavy atom. The van der Waals surface area contributed by atoms with Gasteiger partial charge in [-0.25, -0.2) is 13.4 Å². The van der Waals surface area contributed by atoms with Crippen LogP contribution in [0.15, 0.2) is 52.5 Å². The van der Waals surface area contributed by atoms with Crippen LogP contribution < -0.4 is 5.32 Å². The number of nitrogens with one attached hydrogen (secondary N) is 1. The predicted molar refractivity (Wildman–Crippen MR) is 131 cm³/mol. The van der Waals surface area contributed by atoms with Gasteiger partial charge in [-0.15, -0.1) is 0 Å². The minimum absolute atomic E-state index is 0.0486. The average Bonchev–Trinajstić information content (AvgIpc) is 3.15. The summed E-state index contributed by atoms with van der Waals surface area (Å²) in [6.07, 6.45) is -4.51. The molecule has 3 aromatic rings. The number of aromatic nitrogens is 2. The number of imidazole rings is 1. The highest BCUT2D eigenvalue weighted by Crippen LogP contribution is 2.32. The highest BCUT2D eigenvalue weighted by Gasteiger charge is 2.31. The molecule has 0 saturated carbocycles. The number of rotatable bonds is 9. The third kappa shape index (κ3) is 5.81. The number of thioether (sulfide) groups is 1. The Bertz CT molecular complexity index is 1320. The quantitative estimate of drug-likeness (QED) is 0.385. The number of anilines is 1. The minimum atomic E-state index is -4.51. The standard InChI is InChI=1S/C23H27F3N4O3S2/c1-5-29(6-2)35(32,33)18-11-12-20-19(14-18)28-22(30(20)7-3)34-15(4)21(31)27-17-10-8-9-16(13-17)23(24,25)26/h8-15H,5-7H2,1-4H3,(H,27,31). The minimum Gasteiger partial charge on any atom is -0.325 e. The number of carbonyl (C=O) groups is 1. The van der Waals surface area contributed by atoms with Crippen molar-refractivity contribution in [2.45, 2.75) is 55.7 Å². The van der Waals surface area contributed by atoms with E-state index in [9.17, 15) is 26.4 Å². The van der Waals surface area contributed by atoms with Crippen LogP contribution in [0.4, 0.5) is 18.9 Å². The summed E-state index contributed by atoms with van der Waals surface area (Å²) >= 11 is 1.14. The van der Waals surface area contributed by atoms with E-state index in [1.54, 1.807) is 32.9 Å². The molecule has 0 aliphatic heterocycles. The number of hydrogen-bond acceptors (Lipinski definition) is 5. The van der Waals surface area contributed by atoms with E-state index in [1.807, 2.05) is 11.5 Å². The lowest BCUT2D eigenvalue weighted by Crippen LogP contribution is -2.30. The number of alkyl halides is 3. The molecule has 1 aromatic heterocycles. The van der Waals surface area contributed by atoms with Gasteiger partial charge in [0, 0.05) is 25.3 Å². The van der Waals surface area contributed by atoms with E-state index in [2.05, 4.69) is 10.3 Å². The van der Waals surface area contributed by atoms with Crippen LogP contribution >= 0.6 is 11.8 Å². The van der Waals surface area contributed by atoms with Gasteiger partial charge in [-0.2, -0.15) is 17.5 Å². The average molecular weight is 529 g/mol. The fraction of sp³-hybridized carbons (Fsp3) is 0.391. The maximum atomic E-state index is 13.0. The largest absolute Gasteiger partial charge is 0.416 e. The lowest BCUT2D eigenvalue weighted by Gasteiger charge is -2.18. The van der Waals surface area contributed by atoms with Crippen molar-refractivity contribution in [1.29, 1.82) is 0 Å². The second-order valence-corrected chi connectivity index (χ2v) is 11.0. The van der Waals surface area contributed by atoms with E-state index in [1.165, 1.54) is 22.5 Å². The van der Waals surface area contributed by atoms with Crippen LogP contribution in [0.3, 0.4) is 0 Å². The van der Waals surface area contributed by atoms with Crippen LogP contribution in [-0.2, 0) is 27.5 Å².